The highest BCUT2D eigenvalue weighted by atomic mass is 35.5. The average Bonchev–Trinajstić information content (AvgIpc) is 2.92. The second-order valence-corrected chi connectivity index (χ2v) is 9.94. The molecule has 0 aromatic heterocycles. The third-order valence-corrected chi connectivity index (χ3v) is 7.22. The van der Waals surface area contributed by atoms with Crippen LogP contribution < -0.4 is 28.7 Å². The van der Waals surface area contributed by atoms with Gasteiger partial charge in [-0.15, -0.1) is 0 Å². The number of carbonyl (C=O) groups is 1. The summed E-state index contributed by atoms with van der Waals surface area (Å²) in [6.45, 7) is 1.82. The summed E-state index contributed by atoms with van der Waals surface area (Å²) < 4.78 is 49.7. The Bertz CT molecular complexity index is 1400. The van der Waals surface area contributed by atoms with Gasteiger partial charge in [-0.3, -0.25) is 9.10 Å². The molecule has 0 bridgehead atoms. The number of amides is 1. The van der Waals surface area contributed by atoms with Crippen LogP contribution in [0.15, 0.2) is 70.7 Å². The molecule has 0 saturated carbocycles. The zero-order valence-electron chi connectivity index (χ0n) is 21.3. The van der Waals surface area contributed by atoms with Crippen molar-refractivity contribution in [3.63, 3.8) is 0 Å². The SMILES string of the molecule is CCOc1ccc(/C=N\NC(=O)CN(c2cc(Cl)ccc2OC)S(=O)(=O)c2ccc(OC)c(OC)c2)cc1. The van der Waals surface area contributed by atoms with Gasteiger partial charge in [0, 0.05) is 11.1 Å². The Kier molecular flexibility index (Phi) is 9.80. The Balaban J connectivity index is 1.92. The molecule has 0 aliphatic rings. The van der Waals surface area contributed by atoms with E-state index in [9.17, 15) is 13.2 Å². The molecule has 3 aromatic rings. The van der Waals surface area contributed by atoms with Crippen molar-refractivity contribution >= 4 is 39.4 Å². The molecular weight excluding hydrogens is 534 g/mol. The van der Waals surface area contributed by atoms with Gasteiger partial charge in [0.25, 0.3) is 15.9 Å². The maximum Gasteiger partial charge on any atom is 0.265 e. The number of benzene rings is 3. The first-order chi connectivity index (χ1) is 18.2. The van der Waals surface area contributed by atoms with Gasteiger partial charge in [0.15, 0.2) is 11.5 Å². The summed E-state index contributed by atoms with van der Waals surface area (Å²) in [4.78, 5) is 12.7. The number of anilines is 1. The molecule has 1 N–H and O–H groups in total. The molecule has 3 rings (SSSR count). The summed E-state index contributed by atoms with van der Waals surface area (Å²) in [6, 6.07) is 15.7. The zero-order valence-corrected chi connectivity index (χ0v) is 22.9. The van der Waals surface area contributed by atoms with Gasteiger partial charge < -0.3 is 18.9 Å². The van der Waals surface area contributed by atoms with Gasteiger partial charge in [-0.1, -0.05) is 11.6 Å². The first-order valence-electron chi connectivity index (χ1n) is 11.4. The topological polar surface area (TPSA) is 116 Å². The number of halogens is 1. The average molecular weight is 562 g/mol. The van der Waals surface area contributed by atoms with E-state index in [1.54, 1.807) is 30.3 Å². The maximum absolute atomic E-state index is 13.8. The van der Waals surface area contributed by atoms with Crippen molar-refractivity contribution in [3.8, 4) is 23.0 Å². The van der Waals surface area contributed by atoms with Gasteiger partial charge in [-0.2, -0.15) is 5.10 Å². The lowest BCUT2D eigenvalue weighted by Gasteiger charge is -2.25. The molecule has 0 atom stereocenters. The summed E-state index contributed by atoms with van der Waals surface area (Å²) in [7, 11) is -0.0984. The van der Waals surface area contributed by atoms with Gasteiger partial charge >= 0.3 is 0 Å². The molecule has 1 amide bonds. The van der Waals surface area contributed by atoms with E-state index < -0.39 is 22.5 Å². The highest BCUT2D eigenvalue weighted by Crippen LogP contribution is 2.36. The zero-order chi connectivity index (χ0) is 27.7. The Labute approximate surface area is 226 Å². The van der Waals surface area contributed by atoms with E-state index in [4.69, 9.17) is 30.5 Å². The monoisotopic (exact) mass is 561 g/mol. The van der Waals surface area contributed by atoms with E-state index in [1.807, 2.05) is 6.92 Å². The highest BCUT2D eigenvalue weighted by molar-refractivity contribution is 7.92. The second kappa shape index (κ2) is 13.0. The summed E-state index contributed by atoms with van der Waals surface area (Å²) in [5, 5.41) is 4.20. The fourth-order valence-corrected chi connectivity index (χ4v) is 5.03. The molecule has 0 spiro atoms. The summed E-state index contributed by atoms with van der Waals surface area (Å²) >= 11 is 6.17. The molecule has 0 aliphatic heterocycles. The number of hydrogen-bond acceptors (Lipinski definition) is 8. The van der Waals surface area contributed by atoms with Crippen molar-refractivity contribution in [2.24, 2.45) is 5.10 Å². The molecule has 0 saturated heterocycles. The largest absolute Gasteiger partial charge is 0.495 e. The lowest BCUT2D eigenvalue weighted by Crippen LogP contribution is -2.39. The van der Waals surface area contributed by atoms with E-state index in [0.717, 1.165) is 4.31 Å². The number of ether oxygens (including phenoxy) is 4. The van der Waals surface area contributed by atoms with E-state index in [-0.39, 0.29) is 27.1 Å². The van der Waals surface area contributed by atoms with Crippen LogP contribution in [0.4, 0.5) is 5.69 Å². The van der Waals surface area contributed by atoms with Crippen LogP contribution in [-0.4, -0.2) is 55.0 Å². The van der Waals surface area contributed by atoms with Crippen LogP contribution in [0.5, 0.6) is 23.0 Å². The number of rotatable bonds is 12. The second-order valence-electron chi connectivity index (χ2n) is 7.64. The van der Waals surface area contributed by atoms with Crippen molar-refractivity contribution in [2.45, 2.75) is 11.8 Å². The van der Waals surface area contributed by atoms with Crippen LogP contribution in [0.3, 0.4) is 0 Å². The Hall–Kier alpha value is -3.96. The van der Waals surface area contributed by atoms with E-state index >= 15 is 0 Å². The van der Waals surface area contributed by atoms with Crippen molar-refractivity contribution in [1.82, 2.24) is 5.43 Å². The summed E-state index contributed by atoms with van der Waals surface area (Å²) in [5.74, 6) is 0.762. The predicted octanol–water partition coefficient (Wildman–Crippen LogP) is 4.11. The number of nitrogens with one attached hydrogen (secondary N) is 1. The van der Waals surface area contributed by atoms with Crippen LogP contribution in [0.25, 0.3) is 0 Å². The molecule has 0 unspecified atom stereocenters. The Morgan fingerprint density at radius 1 is 0.947 bits per heavy atom. The molecule has 0 aliphatic carbocycles. The first-order valence-corrected chi connectivity index (χ1v) is 13.2. The van der Waals surface area contributed by atoms with E-state index in [1.165, 1.54) is 57.9 Å². The van der Waals surface area contributed by atoms with E-state index in [0.29, 0.717) is 23.7 Å². The molecule has 0 heterocycles. The number of methoxy groups -OCH3 is 3. The number of carbonyl (C=O) groups excluding carboxylic acids is 1. The number of nitrogens with zero attached hydrogens (tertiary/aromatic N) is 2. The molecule has 38 heavy (non-hydrogen) atoms. The molecule has 202 valence electrons. The van der Waals surface area contributed by atoms with Crippen LogP contribution >= 0.6 is 11.6 Å². The number of sulfonamides is 1. The maximum atomic E-state index is 13.8. The Morgan fingerprint density at radius 3 is 2.24 bits per heavy atom. The smallest absolute Gasteiger partial charge is 0.265 e. The minimum Gasteiger partial charge on any atom is -0.495 e. The third kappa shape index (κ3) is 6.87. The van der Waals surface area contributed by atoms with Crippen molar-refractivity contribution in [1.29, 1.82) is 0 Å². The standard InChI is InChI=1S/C26H28ClN3O7S/c1-5-37-20-9-6-18(7-10-20)16-28-29-26(31)17-30(22-14-19(27)8-12-23(22)34-2)38(32,33)21-11-13-24(35-3)25(15-21)36-4/h6-16H,5,17H2,1-4H3,(H,29,31)/b28-16-. The van der Waals surface area contributed by atoms with Crippen LogP contribution in [0.1, 0.15) is 12.5 Å². The quantitative estimate of drug-likeness (QED) is 0.261. The fraction of sp³-hybridized carbons (Fsp3) is 0.231. The summed E-state index contributed by atoms with van der Waals surface area (Å²) in [6.07, 6.45) is 1.43. The van der Waals surface area contributed by atoms with E-state index in [2.05, 4.69) is 10.5 Å². The minimum absolute atomic E-state index is 0.0698. The van der Waals surface area contributed by atoms with Crippen LogP contribution in [-0.2, 0) is 14.8 Å². The molecular formula is C26H28ClN3O7S. The fourth-order valence-electron chi connectivity index (χ4n) is 3.42. The lowest BCUT2D eigenvalue weighted by atomic mass is 10.2. The van der Waals surface area contributed by atoms with Gasteiger partial charge in [-0.05, 0) is 67.1 Å². The minimum atomic E-state index is -4.31. The van der Waals surface area contributed by atoms with Gasteiger partial charge in [0.1, 0.15) is 18.0 Å². The highest BCUT2D eigenvalue weighted by Gasteiger charge is 2.30. The normalized spacial score (nSPS) is 11.2. The molecule has 10 nitrogen and oxygen atoms in total. The molecule has 12 heteroatoms. The van der Waals surface area contributed by atoms with Crippen LogP contribution in [0, 0.1) is 0 Å². The number of hydrazone groups is 1. The van der Waals surface area contributed by atoms with Gasteiger partial charge in [0.05, 0.1) is 44.7 Å². The lowest BCUT2D eigenvalue weighted by molar-refractivity contribution is -0.119. The van der Waals surface area contributed by atoms with Crippen LogP contribution in [0.2, 0.25) is 5.02 Å². The van der Waals surface area contributed by atoms with Crippen molar-refractivity contribution in [2.75, 3.05) is 38.8 Å². The molecule has 0 fully saturated rings. The Morgan fingerprint density at radius 2 is 1.61 bits per heavy atom. The predicted molar refractivity (Wildman–Crippen MR) is 145 cm³/mol. The van der Waals surface area contributed by atoms with Gasteiger partial charge in [0.2, 0.25) is 0 Å². The number of hydrogen-bond donors (Lipinski definition) is 1. The third-order valence-electron chi connectivity index (χ3n) is 5.23. The molecule has 3 aromatic carbocycles. The summed E-state index contributed by atoms with van der Waals surface area (Å²) in [5.41, 5.74) is 3.14. The van der Waals surface area contributed by atoms with Crippen molar-refractivity contribution in [3.05, 3.63) is 71.2 Å². The first kappa shape index (κ1) is 28.6. The van der Waals surface area contributed by atoms with Crippen molar-refractivity contribution < 1.29 is 32.2 Å². The molecule has 0 radical (unpaired) electrons. The van der Waals surface area contributed by atoms with Gasteiger partial charge in [-0.25, -0.2) is 13.8 Å².